The summed E-state index contributed by atoms with van der Waals surface area (Å²) in [7, 11) is 5.10. The Hall–Kier alpha value is -2.43. The van der Waals surface area contributed by atoms with Gasteiger partial charge in [-0.2, -0.15) is 0 Å². The molecule has 0 bridgehead atoms. The number of ether oxygens (including phenoxy) is 2. The molecular weight excluding hydrogens is 533 g/mol. The third-order valence-electron chi connectivity index (χ3n) is 5.74. The van der Waals surface area contributed by atoms with Crippen LogP contribution in [0.4, 0.5) is 0 Å². The standard InChI is InChI=1S/C24H35N5O3.HI/c1-6-16(7-2)21-13-19(32-29-21)15-27-24(25-3)26-10-8-9-17-11-20-22(28-17)12-18(30-4)14-23(20)31-5;/h11-14,16,28H,6-10,15H2,1-5H3,(H2,25,26,27);1H. The van der Waals surface area contributed by atoms with Gasteiger partial charge in [-0.25, -0.2) is 0 Å². The number of aryl methyl sites for hydroxylation is 1. The van der Waals surface area contributed by atoms with Crippen molar-refractivity contribution in [2.45, 2.75) is 52.0 Å². The van der Waals surface area contributed by atoms with Crippen LogP contribution in [0.3, 0.4) is 0 Å². The number of fused-ring (bicyclic) bond motifs is 1. The van der Waals surface area contributed by atoms with E-state index in [1.165, 1.54) is 0 Å². The number of halogens is 1. The maximum atomic E-state index is 5.50. The van der Waals surface area contributed by atoms with E-state index >= 15 is 0 Å². The number of hydrogen-bond acceptors (Lipinski definition) is 5. The number of hydrogen-bond donors (Lipinski definition) is 3. The van der Waals surface area contributed by atoms with Crippen LogP contribution in [0.25, 0.3) is 10.9 Å². The van der Waals surface area contributed by atoms with Gasteiger partial charge in [0, 0.05) is 48.8 Å². The van der Waals surface area contributed by atoms with Crippen molar-refractivity contribution in [3.05, 3.63) is 41.4 Å². The van der Waals surface area contributed by atoms with Crippen molar-refractivity contribution in [2.24, 2.45) is 4.99 Å². The molecule has 0 spiro atoms. The summed E-state index contributed by atoms with van der Waals surface area (Å²) in [5.41, 5.74) is 3.20. The van der Waals surface area contributed by atoms with Crippen LogP contribution in [0, 0.1) is 0 Å². The number of H-pyrrole nitrogens is 1. The molecule has 8 nitrogen and oxygen atoms in total. The monoisotopic (exact) mass is 569 g/mol. The van der Waals surface area contributed by atoms with E-state index in [0.717, 1.165) is 77.7 Å². The van der Waals surface area contributed by atoms with Gasteiger partial charge in [-0.15, -0.1) is 24.0 Å². The average Bonchev–Trinajstić information content (AvgIpc) is 3.45. The fraction of sp³-hybridized carbons (Fsp3) is 0.500. The summed E-state index contributed by atoms with van der Waals surface area (Å²) < 4.78 is 16.3. The molecule has 9 heteroatoms. The molecule has 1 aromatic carbocycles. The van der Waals surface area contributed by atoms with Gasteiger partial charge in [0.15, 0.2) is 11.7 Å². The molecule has 0 saturated heterocycles. The van der Waals surface area contributed by atoms with Crippen LogP contribution in [0.15, 0.2) is 33.8 Å². The predicted octanol–water partition coefficient (Wildman–Crippen LogP) is 4.99. The lowest BCUT2D eigenvalue weighted by molar-refractivity contribution is 0.368. The molecule has 2 heterocycles. The van der Waals surface area contributed by atoms with Crippen molar-refractivity contribution in [3.8, 4) is 11.5 Å². The van der Waals surface area contributed by atoms with Gasteiger partial charge in [0.2, 0.25) is 0 Å². The Kier molecular flexibility index (Phi) is 10.8. The van der Waals surface area contributed by atoms with Crippen LogP contribution in [-0.2, 0) is 13.0 Å². The van der Waals surface area contributed by atoms with Crippen LogP contribution < -0.4 is 20.1 Å². The summed E-state index contributed by atoms with van der Waals surface area (Å²) in [6.07, 6.45) is 3.99. The molecule has 2 aromatic heterocycles. The van der Waals surface area contributed by atoms with Crippen LogP contribution in [0.1, 0.15) is 56.2 Å². The van der Waals surface area contributed by atoms with Gasteiger partial charge >= 0.3 is 0 Å². The number of aromatic amines is 1. The van der Waals surface area contributed by atoms with E-state index in [9.17, 15) is 0 Å². The Labute approximate surface area is 212 Å². The number of methoxy groups -OCH3 is 2. The minimum atomic E-state index is 0. The second kappa shape index (κ2) is 13.3. The summed E-state index contributed by atoms with van der Waals surface area (Å²) in [6, 6.07) is 8.07. The number of benzene rings is 1. The molecule has 3 aromatic rings. The van der Waals surface area contributed by atoms with Gasteiger partial charge in [0.05, 0.1) is 32.0 Å². The van der Waals surface area contributed by atoms with E-state index in [1.807, 2.05) is 18.2 Å². The fourth-order valence-corrected chi connectivity index (χ4v) is 3.85. The molecule has 0 atom stereocenters. The topological polar surface area (TPSA) is 96.7 Å². The molecule has 0 aliphatic heterocycles. The first-order valence-corrected chi connectivity index (χ1v) is 11.2. The first-order valence-electron chi connectivity index (χ1n) is 11.2. The van der Waals surface area contributed by atoms with E-state index in [0.29, 0.717) is 12.5 Å². The van der Waals surface area contributed by atoms with E-state index in [1.54, 1.807) is 21.3 Å². The van der Waals surface area contributed by atoms with Crippen LogP contribution in [-0.4, -0.2) is 43.9 Å². The molecule has 0 unspecified atom stereocenters. The Bertz CT molecular complexity index is 1030. The second-order valence-electron chi connectivity index (χ2n) is 7.77. The lowest BCUT2D eigenvalue weighted by Crippen LogP contribution is -2.37. The smallest absolute Gasteiger partial charge is 0.191 e. The minimum absolute atomic E-state index is 0. The Morgan fingerprint density at radius 1 is 1.12 bits per heavy atom. The number of aromatic nitrogens is 2. The molecule has 3 rings (SSSR count). The van der Waals surface area contributed by atoms with Gasteiger partial charge in [0.25, 0.3) is 0 Å². The SMILES string of the molecule is CCC(CC)c1cc(CNC(=NC)NCCCc2cc3c(OC)cc(OC)cc3[nH]2)on1.I. The Balaban J connectivity index is 0.00000385. The van der Waals surface area contributed by atoms with Gasteiger partial charge in [-0.3, -0.25) is 4.99 Å². The lowest BCUT2D eigenvalue weighted by Gasteiger charge is -2.10. The molecule has 0 saturated carbocycles. The minimum Gasteiger partial charge on any atom is -0.497 e. The first kappa shape index (κ1) is 26.8. The van der Waals surface area contributed by atoms with Gasteiger partial charge in [-0.05, 0) is 31.7 Å². The summed E-state index contributed by atoms with van der Waals surface area (Å²) in [5, 5.41) is 11.9. The Morgan fingerprint density at radius 2 is 1.91 bits per heavy atom. The lowest BCUT2D eigenvalue weighted by atomic mass is 9.99. The molecule has 0 aliphatic rings. The highest BCUT2D eigenvalue weighted by atomic mass is 127. The van der Waals surface area contributed by atoms with Gasteiger partial charge in [-0.1, -0.05) is 19.0 Å². The zero-order valence-electron chi connectivity index (χ0n) is 20.2. The highest BCUT2D eigenvalue weighted by molar-refractivity contribution is 14.0. The number of nitrogens with one attached hydrogen (secondary N) is 3. The molecule has 0 amide bonds. The van der Waals surface area contributed by atoms with Crippen LogP contribution >= 0.6 is 24.0 Å². The summed E-state index contributed by atoms with van der Waals surface area (Å²) >= 11 is 0. The molecule has 0 fully saturated rings. The maximum Gasteiger partial charge on any atom is 0.191 e. The van der Waals surface area contributed by atoms with Crippen molar-refractivity contribution in [1.29, 1.82) is 0 Å². The highest BCUT2D eigenvalue weighted by Crippen LogP contribution is 2.31. The molecule has 182 valence electrons. The van der Waals surface area contributed by atoms with Crippen molar-refractivity contribution >= 4 is 40.8 Å². The third kappa shape index (κ3) is 7.02. The first-order chi connectivity index (χ1) is 15.6. The maximum absolute atomic E-state index is 5.50. The number of nitrogens with zero attached hydrogens (tertiary/aromatic N) is 2. The summed E-state index contributed by atoms with van der Waals surface area (Å²) in [4.78, 5) is 7.75. The summed E-state index contributed by atoms with van der Waals surface area (Å²) in [5.74, 6) is 3.60. The zero-order valence-corrected chi connectivity index (χ0v) is 22.5. The van der Waals surface area contributed by atoms with E-state index in [2.05, 4.69) is 45.7 Å². The van der Waals surface area contributed by atoms with Crippen molar-refractivity contribution < 1.29 is 14.0 Å². The summed E-state index contributed by atoms with van der Waals surface area (Å²) in [6.45, 7) is 5.70. The Morgan fingerprint density at radius 3 is 2.58 bits per heavy atom. The predicted molar refractivity (Wildman–Crippen MR) is 143 cm³/mol. The largest absolute Gasteiger partial charge is 0.497 e. The molecule has 0 radical (unpaired) electrons. The van der Waals surface area contributed by atoms with Crippen LogP contribution in [0.2, 0.25) is 0 Å². The number of rotatable bonds is 11. The molecule has 0 aliphatic carbocycles. The van der Waals surface area contributed by atoms with Gasteiger partial charge < -0.3 is 29.6 Å². The number of aliphatic imine (C=N–C) groups is 1. The zero-order chi connectivity index (χ0) is 22.9. The van der Waals surface area contributed by atoms with E-state index in [4.69, 9.17) is 14.0 Å². The van der Waals surface area contributed by atoms with Crippen molar-refractivity contribution in [1.82, 2.24) is 20.8 Å². The fourth-order valence-electron chi connectivity index (χ4n) is 3.85. The highest BCUT2D eigenvalue weighted by Gasteiger charge is 2.13. The van der Waals surface area contributed by atoms with Crippen LogP contribution in [0.5, 0.6) is 11.5 Å². The van der Waals surface area contributed by atoms with E-state index < -0.39 is 0 Å². The van der Waals surface area contributed by atoms with Gasteiger partial charge in [0.1, 0.15) is 11.5 Å². The average molecular weight is 569 g/mol. The number of guanidine groups is 1. The normalized spacial score (nSPS) is 11.5. The molecule has 33 heavy (non-hydrogen) atoms. The van der Waals surface area contributed by atoms with Crippen molar-refractivity contribution in [3.63, 3.8) is 0 Å². The molecular formula is C24H36IN5O3. The van der Waals surface area contributed by atoms with Crippen molar-refractivity contribution in [2.75, 3.05) is 27.8 Å². The third-order valence-corrected chi connectivity index (χ3v) is 5.74. The second-order valence-corrected chi connectivity index (χ2v) is 7.77. The quantitative estimate of drug-likeness (QED) is 0.130. The molecule has 3 N–H and O–H groups in total. The van der Waals surface area contributed by atoms with E-state index in [-0.39, 0.29) is 24.0 Å².